The Bertz CT molecular complexity index is 525. The molecular formula is C16H15NO. The summed E-state index contributed by atoms with van der Waals surface area (Å²) in [6.07, 6.45) is 0.727. The lowest BCUT2D eigenvalue weighted by atomic mass is 9.93. The van der Waals surface area contributed by atoms with Crippen molar-refractivity contribution in [2.75, 3.05) is 7.11 Å². The van der Waals surface area contributed by atoms with Crippen LogP contribution in [0.25, 0.3) is 0 Å². The maximum absolute atomic E-state index is 9.27. The second-order valence-electron chi connectivity index (χ2n) is 4.14. The summed E-state index contributed by atoms with van der Waals surface area (Å²) in [5, 5.41) is 9.27. The number of methoxy groups -OCH3 is 1. The highest BCUT2D eigenvalue weighted by Crippen LogP contribution is 2.21. The molecule has 0 saturated heterocycles. The van der Waals surface area contributed by atoms with Gasteiger partial charge in [-0.25, -0.2) is 0 Å². The first kappa shape index (κ1) is 12.2. The number of hydrogen-bond donors (Lipinski definition) is 0. The van der Waals surface area contributed by atoms with Crippen LogP contribution in [0.5, 0.6) is 5.75 Å². The third-order valence-electron chi connectivity index (χ3n) is 2.96. The highest BCUT2D eigenvalue weighted by molar-refractivity contribution is 5.32. The monoisotopic (exact) mass is 237 g/mol. The third-order valence-corrected chi connectivity index (χ3v) is 2.96. The van der Waals surface area contributed by atoms with E-state index in [-0.39, 0.29) is 5.92 Å². The molecule has 0 aromatic heterocycles. The Morgan fingerprint density at radius 1 is 1.06 bits per heavy atom. The zero-order chi connectivity index (χ0) is 12.8. The fourth-order valence-electron chi connectivity index (χ4n) is 1.92. The predicted molar refractivity (Wildman–Crippen MR) is 71.5 cm³/mol. The number of rotatable bonds is 4. The minimum absolute atomic E-state index is 0.0976. The van der Waals surface area contributed by atoms with Crippen LogP contribution in [0.1, 0.15) is 17.0 Å². The summed E-state index contributed by atoms with van der Waals surface area (Å²) in [6.45, 7) is 0. The standard InChI is InChI=1S/C16H15NO/c1-18-16-9-7-13(8-10-16)11-15(12-17)14-5-3-2-4-6-14/h2-10,15H,11H2,1H3. The van der Waals surface area contributed by atoms with Gasteiger partial charge >= 0.3 is 0 Å². The summed E-state index contributed by atoms with van der Waals surface area (Å²) < 4.78 is 5.12. The normalized spacial score (nSPS) is 11.6. The summed E-state index contributed by atoms with van der Waals surface area (Å²) in [6, 6.07) is 20.1. The highest BCUT2D eigenvalue weighted by Gasteiger charge is 2.10. The SMILES string of the molecule is COc1ccc(CC(C#N)c2ccccc2)cc1. The van der Waals surface area contributed by atoms with Crippen LogP contribution >= 0.6 is 0 Å². The van der Waals surface area contributed by atoms with E-state index in [4.69, 9.17) is 4.74 Å². The molecule has 0 amide bonds. The second kappa shape index (κ2) is 5.88. The number of ether oxygens (including phenoxy) is 1. The molecule has 2 aromatic rings. The van der Waals surface area contributed by atoms with E-state index in [0.29, 0.717) is 0 Å². The fourth-order valence-corrected chi connectivity index (χ4v) is 1.92. The van der Waals surface area contributed by atoms with Gasteiger partial charge in [0.2, 0.25) is 0 Å². The lowest BCUT2D eigenvalue weighted by molar-refractivity contribution is 0.414. The van der Waals surface area contributed by atoms with E-state index in [1.807, 2.05) is 54.6 Å². The van der Waals surface area contributed by atoms with Crippen molar-refractivity contribution in [3.05, 3.63) is 65.7 Å². The van der Waals surface area contributed by atoms with Crippen molar-refractivity contribution >= 4 is 0 Å². The molecule has 0 radical (unpaired) electrons. The average Bonchev–Trinajstić information content (AvgIpc) is 2.46. The van der Waals surface area contributed by atoms with Crippen molar-refractivity contribution in [2.45, 2.75) is 12.3 Å². The molecule has 0 heterocycles. The zero-order valence-electron chi connectivity index (χ0n) is 10.3. The minimum atomic E-state index is -0.0976. The predicted octanol–water partition coefficient (Wildman–Crippen LogP) is 3.55. The van der Waals surface area contributed by atoms with E-state index in [1.165, 1.54) is 0 Å². The van der Waals surface area contributed by atoms with Crippen LogP contribution in [0.4, 0.5) is 0 Å². The Hall–Kier alpha value is -2.27. The first-order valence-corrected chi connectivity index (χ1v) is 5.91. The van der Waals surface area contributed by atoms with Gasteiger partial charge in [0.1, 0.15) is 5.75 Å². The van der Waals surface area contributed by atoms with Crippen LogP contribution in [-0.4, -0.2) is 7.11 Å². The smallest absolute Gasteiger partial charge is 0.118 e. The molecule has 2 aromatic carbocycles. The van der Waals surface area contributed by atoms with Crippen LogP contribution in [0.3, 0.4) is 0 Å². The van der Waals surface area contributed by atoms with Crippen molar-refractivity contribution in [1.82, 2.24) is 0 Å². The number of nitrogens with zero attached hydrogens (tertiary/aromatic N) is 1. The van der Waals surface area contributed by atoms with Gasteiger partial charge in [-0.05, 0) is 29.7 Å². The van der Waals surface area contributed by atoms with E-state index in [2.05, 4.69) is 6.07 Å². The van der Waals surface area contributed by atoms with Crippen LogP contribution in [0.15, 0.2) is 54.6 Å². The van der Waals surface area contributed by atoms with Gasteiger partial charge in [0.15, 0.2) is 0 Å². The Morgan fingerprint density at radius 3 is 2.28 bits per heavy atom. The maximum atomic E-state index is 9.27. The van der Waals surface area contributed by atoms with Crippen LogP contribution < -0.4 is 4.74 Å². The lowest BCUT2D eigenvalue weighted by Crippen LogP contribution is -2.00. The highest BCUT2D eigenvalue weighted by atomic mass is 16.5. The molecule has 1 atom stereocenters. The van der Waals surface area contributed by atoms with E-state index >= 15 is 0 Å². The fraction of sp³-hybridized carbons (Fsp3) is 0.188. The average molecular weight is 237 g/mol. The number of hydrogen-bond acceptors (Lipinski definition) is 2. The molecular weight excluding hydrogens is 222 g/mol. The number of benzene rings is 2. The van der Waals surface area contributed by atoms with E-state index in [9.17, 15) is 5.26 Å². The summed E-state index contributed by atoms with van der Waals surface area (Å²) in [5.74, 6) is 0.742. The van der Waals surface area contributed by atoms with Gasteiger partial charge in [0.25, 0.3) is 0 Å². The quantitative estimate of drug-likeness (QED) is 0.814. The van der Waals surface area contributed by atoms with Gasteiger partial charge in [-0.3, -0.25) is 0 Å². The van der Waals surface area contributed by atoms with Gasteiger partial charge < -0.3 is 4.74 Å². The second-order valence-corrected chi connectivity index (χ2v) is 4.14. The molecule has 18 heavy (non-hydrogen) atoms. The Labute approximate surface area is 107 Å². The summed E-state index contributed by atoms with van der Waals surface area (Å²) in [7, 11) is 1.65. The van der Waals surface area contributed by atoms with Crippen molar-refractivity contribution < 1.29 is 4.74 Å². The molecule has 0 spiro atoms. The molecule has 0 aliphatic rings. The topological polar surface area (TPSA) is 33.0 Å². The largest absolute Gasteiger partial charge is 0.497 e. The summed E-state index contributed by atoms with van der Waals surface area (Å²) in [4.78, 5) is 0. The molecule has 1 unspecified atom stereocenters. The Balaban J connectivity index is 2.13. The zero-order valence-corrected chi connectivity index (χ0v) is 10.3. The molecule has 2 rings (SSSR count). The molecule has 2 nitrogen and oxygen atoms in total. The van der Waals surface area contributed by atoms with Crippen molar-refractivity contribution in [3.8, 4) is 11.8 Å². The molecule has 0 bridgehead atoms. The maximum Gasteiger partial charge on any atom is 0.118 e. The lowest BCUT2D eigenvalue weighted by Gasteiger charge is -2.09. The van der Waals surface area contributed by atoms with E-state index < -0.39 is 0 Å². The molecule has 2 heteroatoms. The first-order chi connectivity index (χ1) is 8.83. The van der Waals surface area contributed by atoms with Crippen LogP contribution in [0, 0.1) is 11.3 Å². The van der Waals surface area contributed by atoms with E-state index in [1.54, 1.807) is 7.11 Å². The van der Waals surface area contributed by atoms with Crippen molar-refractivity contribution in [3.63, 3.8) is 0 Å². The molecule has 0 fully saturated rings. The van der Waals surface area contributed by atoms with Gasteiger partial charge in [0.05, 0.1) is 19.1 Å². The van der Waals surface area contributed by atoms with Crippen LogP contribution in [-0.2, 0) is 6.42 Å². The van der Waals surface area contributed by atoms with Gasteiger partial charge in [-0.2, -0.15) is 5.26 Å². The molecule has 0 aliphatic carbocycles. The van der Waals surface area contributed by atoms with Crippen molar-refractivity contribution in [2.24, 2.45) is 0 Å². The molecule has 90 valence electrons. The molecule has 0 N–H and O–H groups in total. The van der Waals surface area contributed by atoms with Gasteiger partial charge in [0, 0.05) is 0 Å². The van der Waals surface area contributed by atoms with Gasteiger partial charge in [-0.15, -0.1) is 0 Å². The first-order valence-electron chi connectivity index (χ1n) is 5.91. The Morgan fingerprint density at radius 2 is 1.72 bits per heavy atom. The summed E-state index contributed by atoms with van der Waals surface area (Å²) in [5.41, 5.74) is 2.21. The summed E-state index contributed by atoms with van der Waals surface area (Å²) >= 11 is 0. The van der Waals surface area contributed by atoms with E-state index in [0.717, 1.165) is 23.3 Å². The minimum Gasteiger partial charge on any atom is -0.497 e. The van der Waals surface area contributed by atoms with Crippen LogP contribution in [0.2, 0.25) is 0 Å². The molecule has 0 saturated carbocycles. The Kier molecular flexibility index (Phi) is 3.98. The van der Waals surface area contributed by atoms with Crippen molar-refractivity contribution in [1.29, 1.82) is 5.26 Å². The third kappa shape index (κ3) is 2.89. The molecule has 0 aliphatic heterocycles. The number of nitriles is 1. The van der Waals surface area contributed by atoms with Gasteiger partial charge in [-0.1, -0.05) is 42.5 Å².